The van der Waals surface area contributed by atoms with E-state index in [0.717, 1.165) is 6.07 Å². The second-order valence-corrected chi connectivity index (χ2v) is 7.57. The number of furan rings is 1. The normalized spacial score (nSPS) is 19.6. The maximum atomic E-state index is 14.3. The Hall–Kier alpha value is -2.35. The van der Waals surface area contributed by atoms with Crippen molar-refractivity contribution in [1.82, 2.24) is 9.80 Å². The van der Waals surface area contributed by atoms with E-state index in [2.05, 4.69) is 0 Å². The molecule has 0 unspecified atom stereocenters. The standard InChI is InChI=1S/C19H20F2N2O3S/c1-3-16-18(25)23(9-8-22(2)17(24)15-5-4-10-26-15)19(27-16)13-7-6-12(20)11-14(13)21/h4-7,10-11,16,19H,3,8-9H2,1-2H3/t16-,19+/m1/s1. The fourth-order valence-corrected chi connectivity index (χ4v) is 4.43. The molecule has 1 fully saturated rings. The molecule has 3 rings (SSSR count). The summed E-state index contributed by atoms with van der Waals surface area (Å²) in [5.41, 5.74) is 0.269. The number of rotatable bonds is 6. The predicted octanol–water partition coefficient (Wildman–Crippen LogP) is 3.68. The summed E-state index contributed by atoms with van der Waals surface area (Å²) in [6.07, 6.45) is 2.03. The molecule has 0 aliphatic carbocycles. The van der Waals surface area contributed by atoms with Crippen molar-refractivity contribution < 1.29 is 22.8 Å². The lowest BCUT2D eigenvalue weighted by atomic mass is 10.1. The molecule has 1 aliphatic rings. The largest absolute Gasteiger partial charge is 0.459 e. The van der Waals surface area contributed by atoms with Gasteiger partial charge in [-0.1, -0.05) is 13.0 Å². The number of benzene rings is 1. The monoisotopic (exact) mass is 394 g/mol. The summed E-state index contributed by atoms with van der Waals surface area (Å²) in [7, 11) is 1.61. The summed E-state index contributed by atoms with van der Waals surface area (Å²) in [4.78, 5) is 28.0. The highest BCUT2D eigenvalue weighted by Gasteiger charge is 2.41. The summed E-state index contributed by atoms with van der Waals surface area (Å²) in [5.74, 6) is -1.52. The minimum Gasteiger partial charge on any atom is -0.459 e. The van der Waals surface area contributed by atoms with Gasteiger partial charge in [0.25, 0.3) is 5.91 Å². The Kier molecular flexibility index (Phi) is 5.84. The van der Waals surface area contributed by atoms with Crippen LogP contribution < -0.4 is 0 Å². The SMILES string of the molecule is CC[C@H]1S[C@@H](c2ccc(F)cc2F)N(CCN(C)C(=O)c2ccco2)C1=O. The Bertz CT molecular complexity index is 828. The van der Waals surface area contributed by atoms with Crippen LogP contribution in [0.5, 0.6) is 0 Å². The molecule has 0 saturated carbocycles. The summed E-state index contributed by atoms with van der Waals surface area (Å²) in [6.45, 7) is 2.40. The molecule has 0 radical (unpaired) electrons. The number of amides is 2. The minimum atomic E-state index is -0.679. The molecule has 0 bridgehead atoms. The lowest BCUT2D eigenvalue weighted by molar-refractivity contribution is -0.130. The number of carbonyl (C=O) groups is 2. The first-order chi connectivity index (χ1) is 12.9. The van der Waals surface area contributed by atoms with Crippen molar-refractivity contribution in [2.24, 2.45) is 0 Å². The number of hydrogen-bond acceptors (Lipinski definition) is 4. The fourth-order valence-electron chi connectivity index (χ4n) is 2.98. The summed E-state index contributed by atoms with van der Waals surface area (Å²) in [6, 6.07) is 6.58. The highest BCUT2D eigenvalue weighted by atomic mass is 32.2. The molecule has 5 nitrogen and oxygen atoms in total. The van der Waals surface area contributed by atoms with Gasteiger partial charge in [-0.25, -0.2) is 8.78 Å². The molecule has 1 saturated heterocycles. The molecule has 2 heterocycles. The van der Waals surface area contributed by atoms with Crippen molar-refractivity contribution in [2.45, 2.75) is 24.0 Å². The van der Waals surface area contributed by atoms with E-state index in [1.807, 2.05) is 6.92 Å². The number of hydrogen-bond donors (Lipinski definition) is 0. The first-order valence-corrected chi connectivity index (χ1v) is 9.56. The maximum absolute atomic E-state index is 14.3. The van der Waals surface area contributed by atoms with Crippen LogP contribution in [0, 0.1) is 11.6 Å². The summed E-state index contributed by atoms with van der Waals surface area (Å²) in [5, 5.41) is -0.833. The molecule has 2 aromatic rings. The summed E-state index contributed by atoms with van der Waals surface area (Å²) < 4.78 is 32.6. The Morgan fingerprint density at radius 2 is 2.11 bits per heavy atom. The number of likely N-dealkylation sites (N-methyl/N-ethyl adjacent to an activating group) is 1. The van der Waals surface area contributed by atoms with Crippen LogP contribution in [0.15, 0.2) is 41.0 Å². The van der Waals surface area contributed by atoms with Crippen molar-refractivity contribution in [3.8, 4) is 0 Å². The van der Waals surface area contributed by atoms with Gasteiger partial charge in [-0.2, -0.15) is 0 Å². The van der Waals surface area contributed by atoms with Crippen molar-refractivity contribution in [2.75, 3.05) is 20.1 Å². The second kappa shape index (κ2) is 8.12. The lowest BCUT2D eigenvalue weighted by Gasteiger charge is -2.27. The van der Waals surface area contributed by atoms with Crippen LogP contribution in [0.4, 0.5) is 8.78 Å². The Labute approximate surface area is 160 Å². The minimum absolute atomic E-state index is 0.102. The van der Waals surface area contributed by atoms with Crippen LogP contribution in [-0.2, 0) is 4.79 Å². The number of halogens is 2. The molecular formula is C19H20F2N2O3S. The topological polar surface area (TPSA) is 53.8 Å². The van der Waals surface area contributed by atoms with E-state index in [4.69, 9.17) is 4.42 Å². The third-order valence-corrected chi connectivity index (χ3v) is 6.12. The molecule has 0 N–H and O–H groups in total. The zero-order valence-corrected chi connectivity index (χ0v) is 15.8. The highest BCUT2D eigenvalue weighted by Crippen LogP contribution is 2.44. The number of nitrogens with zero attached hydrogens (tertiary/aromatic N) is 2. The van der Waals surface area contributed by atoms with Crippen LogP contribution >= 0.6 is 11.8 Å². The molecular weight excluding hydrogens is 374 g/mol. The highest BCUT2D eigenvalue weighted by molar-refractivity contribution is 8.01. The fraction of sp³-hybridized carbons (Fsp3) is 0.368. The lowest BCUT2D eigenvalue weighted by Crippen LogP contribution is -2.39. The van der Waals surface area contributed by atoms with E-state index in [0.29, 0.717) is 6.42 Å². The Morgan fingerprint density at radius 1 is 1.33 bits per heavy atom. The number of thioether (sulfide) groups is 1. The van der Waals surface area contributed by atoms with E-state index in [1.54, 1.807) is 24.1 Å². The predicted molar refractivity (Wildman–Crippen MR) is 98.2 cm³/mol. The van der Waals surface area contributed by atoms with Crippen LogP contribution in [-0.4, -0.2) is 47.0 Å². The maximum Gasteiger partial charge on any atom is 0.289 e. The zero-order valence-electron chi connectivity index (χ0n) is 15.0. The Balaban J connectivity index is 1.76. The van der Waals surface area contributed by atoms with E-state index >= 15 is 0 Å². The average Bonchev–Trinajstić information content (AvgIpc) is 3.27. The van der Waals surface area contributed by atoms with Crippen LogP contribution in [0.2, 0.25) is 0 Å². The van der Waals surface area contributed by atoms with Crippen molar-refractivity contribution >= 4 is 23.6 Å². The van der Waals surface area contributed by atoms with E-state index in [9.17, 15) is 18.4 Å². The quantitative estimate of drug-likeness (QED) is 0.750. The van der Waals surface area contributed by atoms with E-state index in [-0.39, 0.29) is 41.5 Å². The first kappa shape index (κ1) is 19.4. The zero-order chi connectivity index (χ0) is 19.6. The molecule has 8 heteroatoms. The molecule has 1 aromatic heterocycles. The molecule has 0 spiro atoms. The number of carbonyl (C=O) groups excluding carboxylic acids is 2. The van der Waals surface area contributed by atoms with Gasteiger partial charge >= 0.3 is 0 Å². The van der Waals surface area contributed by atoms with Gasteiger partial charge < -0.3 is 14.2 Å². The van der Waals surface area contributed by atoms with Gasteiger partial charge in [0.05, 0.1) is 11.5 Å². The van der Waals surface area contributed by atoms with Crippen LogP contribution in [0.1, 0.15) is 34.8 Å². The third kappa shape index (κ3) is 4.00. The molecule has 27 heavy (non-hydrogen) atoms. The molecule has 2 amide bonds. The van der Waals surface area contributed by atoms with E-state index in [1.165, 1.54) is 35.1 Å². The van der Waals surface area contributed by atoms with Crippen LogP contribution in [0.25, 0.3) is 0 Å². The van der Waals surface area contributed by atoms with Crippen LogP contribution in [0.3, 0.4) is 0 Å². The molecule has 144 valence electrons. The van der Waals surface area contributed by atoms with Crippen molar-refractivity contribution in [1.29, 1.82) is 0 Å². The van der Waals surface area contributed by atoms with Gasteiger partial charge in [0, 0.05) is 31.8 Å². The molecule has 2 atom stereocenters. The van der Waals surface area contributed by atoms with Gasteiger partial charge in [-0.3, -0.25) is 9.59 Å². The molecule has 1 aliphatic heterocycles. The van der Waals surface area contributed by atoms with Gasteiger partial charge in [-0.05, 0) is 24.6 Å². The van der Waals surface area contributed by atoms with Gasteiger partial charge in [-0.15, -0.1) is 11.8 Å². The van der Waals surface area contributed by atoms with Crippen molar-refractivity contribution in [3.05, 3.63) is 59.6 Å². The smallest absolute Gasteiger partial charge is 0.289 e. The first-order valence-electron chi connectivity index (χ1n) is 8.62. The third-order valence-electron chi connectivity index (χ3n) is 4.49. The second-order valence-electron chi connectivity index (χ2n) is 6.29. The molecule has 1 aromatic carbocycles. The average molecular weight is 394 g/mol. The summed E-state index contributed by atoms with van der Waals surface area (Å²) >= 11 is 1.35. The van der Waals surface area contributed by atoms with Crippen molar-refractivity contribution in [3.63, 3.8) is 0 Å². The van der Waals surface area contributed by atoms with Gasteiger partial charge in [0.1, 0.15) is 17.0 Å². The Morgan fingerprint density at radius 3 is 2.74 bits per heavy atom. The van der Waals surface area contributed by atoms with Gasteiger partial charge in [0.2, 0.25) is 5.91 Å². The van der Waals surface area contributed by atoms with Gasteiger partial charge in [0.15, 0.2) is 5.76 Å². The van der Waals surface area contributed by atoms with E-state index < -0.39 is 17.0 Å².